The number of carbonyl (C=O) groups excluding carboxylic acids is 2. The molecule has 4 rings (SSSR count). The summed E-state index contributed by atoms with van der Waals surface area (Å²) in [6.45, 7) is 6.45. The van der Waals surface area contributed by atoms with Crippen molar-refractivity contribution in [3.8, 4) is 11.5 Å². The van der Waals surface area contributed by atoms with Gasteiger partial charge in [0.05, 0.1) is 18.3 Å². The number of nitrogens with one attached hydrogen (secondary N) is 3. The van der Waals surface area contributed by atoms with E-state index in [2.05, 4.69) is 30.8 Å². The number of aromatic amines is 1. The Balaban J connectivity index is 1.43. The summed E-state index contributed by atoms with van der Waals surface area (Å²) < 4.78 is 5.00. The Morgan fingerprint density at radius 2 is 2.13 bits per heavy atom. The Morgan fingerprint density at radius 3 is 2.87 bits per heavy atom. The topological polar surface area (TPSA) is 125 Å². The molecule has 3 amide bonds. The van der Waals surface area contributed by atoms with Crippen LogP contribution in [0.2, 0.25) is 0 Å². The molecular weight excluding hydrogens is 398 g/mol. The van der Waals surface area contributed by atoms with Crippen molar-refractivity contribution in [2.75, 3.05) is 23.4 Å². The molecule has 31 heavy (non-hydrogen) atoms. The predicted octanol–water partition coefficient (Wildman–Crippen LogP) is 3.32. The molecule has 0 saturated carbocycles. The maximum Gasteiger partial charge on any atom is 0.414 e. The number of cyclic esters (lactones) is 1. The zero-order valence-corrected chi connectivity index (χ0v) is 17.5. The Kier molecular flexibility index (Phi) is 5.52. The number of hydrogen-bond donors (Lipinski definition) is 3. The van der Waals surface area contributed by atoms with E-state index < -0.39 is 12.1 Å². The molecule has 0 radical (unpaired) electrons. The average Bonchev–Trinajstić information content (AvgIpc) is 3.39. The van der Waals surface area contributed by atoms with Crippen LogP contribution in [0.15, 0.2) is 36.5 Å². The van der Waals surface area contributed by atoms with Crippen molar-refractivity contribution in [1.29, 1.82) is 0 Å². The van der Waals surface area contributed by atoms with Gasteiger partial charge in [-0.25, -0.2) is 14.6 Å². The molecule has 1 aromatic carbocycles. The third kappa shape index (κ3) is 4.32. The molecule has 1 fully saturated rings. The number of H-pyrrole nitrogens is 1. The van der Waals surface area contributed by atoms with E-state index in [0.29, 0.717) is 41.9 Å². The smallest absolute Gasteiger partial charge is 0.414 e. The lowest BCUT2D eigenvalue weighted by Gasteiger charge is -2.19. The summed E-state index contributed by atoms with van der Waals surface area (Å²) in [7, 11) is 0. The second-order valence-corrected chi connectivity index (χ2v) is 7.30. The Labute approximate surface area is 179 Å². The monoisotopic (exact) mass is 421 g/mol. The molecule has 10 heteroatoms. The van der Waals surface area contributed by atoms with Crippen molar-refractivity contribution >= 4 is 23.5 Å². The van der Waals surface area contributed by atoms with Crippen LogP contribution in [0, 0.1) is 13.8 Å². The van der Waals surface area contributed by atoms with Crippen molar-refractivity contribution in [2.24, 2.45) is 0 Å². The maximum atomic E-state index is 12.6. The summed E-state index contributed by atoms with van der Waals surface area (Å²) in [6, 6.07) is 8.36. The highest BCUT2D eigenvalue weighted by Crippen LogP contribution is 2.28. The number of hydrogen-bond acceptors (Lipinski definition) is 6. The largest absolute Gasteiger partial charge is 0.447 e. The summed E-state index contributed by atoms with van der Waals surface area (Å²) >= 11 is 0. The van der Waals surface area contributed by atoms with E-state index in [1.807, 2.05) is 32.0 Å². The third-order valence-corrected chi connectivity index (χ3v) is 5.01. The van der Waals surface area contributed by atoms with Crippen LogP contribution in [0.1, 0.15) is 29.9 Å². The number of nitrogens with zero attached hydrogens (tertiary/aromatic N) is 4. The van der Waals surface area contributed by atoms with Gasteiger partial charge in [-0.1, -0.05) is 6.07 Å². The van der Waals surface area contributed by atoms with Crippen molar-refractivity contribution in [3.63, 3.8) is 0 Å². The van der Waals surface area contributed by atoms with Gasteiger partial charge < -0.3 is 15.4 Å². The zero-order chi connectivity index (χ0) is 22.0. The van der Waals surface area contributed by atoms with Gasteiger partial charge in [0.2, 0.25) is 0 Å². The summed E-state index contributed by atoms with van der Waals surface area (Å²) in [5, 5.41) is 12.7. The van der Waals surface area contributed by atoms with Crippen LogP contribution in [0.25, 0.3) is 11.5 Å². The zero-order valence-electron chi connectivity index (χ0n) is 17.5. The molecule has 0 spiro atoms. The number of anilines is 2. The van der Waals surface area contributed by atoms with E-state index in [-0.39, 0.29) is 6.09 Å². The highest BCUT2D eigenvalue weighted by molar-refractivity contribution is 5.95. The SMILES string of the molecule is Cc1ccnc(-c2n[nH]c(C(C)NC(=O)Nc3cccc(N4CCOC4=O)c3C)n2)c1. The van der Waals surface area contributed by atoms with Crippen molar-refractivity contribution in [1.82, 2.24) is 25.5 Å². The first-order valence-corrected chi connectivity index (χ1v) is 9.89. The van der Waals surface area contributed by atoms with Gasteiger partial charge >= 0.3 is 12.1 Å². The van der Waals surface area contributed by atoms with Gasteiger partial charge in [0.15, 0.2) is 5.82 Å². The predicted molar refractivity (Wildman–Crippen MR) is 115 cm³/mol. The number of urea groups is 1. The molecule has 3 aromatic rings. The highest BCUT2D eigenvalue weighted by atomic mass is 16.6. The van der Waals surface area contributed by atoms with E-state index in [1.165, 1.54) is 0 Å². The Hall–Kier alpha value is -3.95. The molecule has 160 valence electrons. The molecule has 1 aliphatic rings. The molecule has 1 saturated heterocycles. The van der Waals surface area contributed by atoms with Crippen LogP contribution in [0.3, 0.4) is 0 Å². The van der Waals surface area contributed by atoms with Crippen molar-refractivity contribution in [2.45, 2.75) is 26.8 Å². The molecule has 3 N–H and O–H groups in total. The molecule has 1 unspecified atom stereocenters. The molecule has 1 atom stereocenters. The minimum atomic E-state index is -0.414. The molecule has 0 bridgehead atoms. The normalized spacial score (nSPS) is 14.3. The fraction of sp³-hybridized carbons (Fsp3) is 0.286. The minimum Gasteiger partial charge on any atom is -0.447 e. The van der Waals surface area contributed by atoms with E-state index >= 15 is 0 Å². The van der Waals surface area contributed by atoms with Crippen LogP contribution in [0.4, 0.5) is 21.0 Å². The van der Waals surface area contributed by atoms with Crippen molar-refractivity contribution < 1.29 is 14.3 Å². The van der Waals surface area contributed by atoms with Gasteiger partial charge in [-0.05, 0) is 56.2 Å². The third-order valence-electron chi connectivity index (χ3n) is 5.01. The Bertz CT molecular complexity index is 1130. The van der Waals surface area contributed by atoms with E-state index in [1.54, 1.807) is 30.2 Å². The van der Waals surface area contributed by atoms with E-state index in [0.717, 1.165) is 11.1 Å². The number of amides is 3. The number of ether oxygens (including phenoxy) is 1. The van der Waals surface area contributed by atoms with Gasteiger partial charge in [-0.15, -0.1) is 0 Å². The lowest BCUT2D eigenvalue weighted by atomic mass is 10.1. The molecule has 1 aliphatic heterocycles. The minimum absolute atomic E-state index is 0.352. The summed E-state index contributed by atoms with van der Waals surface area (Å²) in [5.74, 6) is 0.979. The molecule has 10 nitrogen and oxygen atoms in total. The number of carbonyl (C=O) groups is 2. The van der Waals surface area contributed by atoms with Gasteiger partial charge in [0.25, 0.3) is 0 Å². The second kappa shape index (κ2) is 8.42. The second-order valence-electron chi connectivity index (χ2n) is 7.30. The molecule has 0 aliphatic carbocycles. The fourth-order valence-electron chi connectivity index (χ4n) is 3.33. The fourth-order valence-corrected chi connectivity index (χ4v) is 3.33. The number of aryl methyl sites for hydroxylation is 1. The average molecular weight is 421 g/mol. The quantitative estimate of drug-likeness (QED) is 0.580. The van der Waals surface area contributed by atoms with Gasteiger partial charge in [0, 0.05) is 11.9 Å². The Morgan fingerprint density at radius 1 is 1.29 bits per heavy atom. The van der Waals surface area contributed by atoms with Crippen molar-refractivity contribution in [3.05, 3.63) is 53.5 Å². The van der Waals surface area contributed by atoms with Crippen LogP contribution in [0.5, 0.6) is 0 Å². The summed E-state index contributed by atoms with van der Waals surface area (Å²) in [4.78, 5) is 34.7. The van der Waals surface area contributed by atoms with Gasteiger partial charge in [-0.2, -0.15) is 5.10 Å². The first-order chi connectivity index (χ1) is 14.9. The molecule has 2 aromatic heterocycles. The van der Waals surface area contributed by atoms with Gasteiger partial charge in [0.1, 0.15) is 18.1 Å². The summed E-state index contributed by atoms with van der Waals surface area (Å²) in [5.41, 5.74) is 3.80. The highest BCUT2D eigenvalue weighted by Gasteiger charge is 2.25. The number of pyridine rings is 1. The lowest BCUT2D eigenvalue weighted by molar-refractivity contribution is 0.181. The molecule has 3 heterocycles. The maximum absolute atomic E-state index is 12.6. The first-order valence-electron chi connectivity index (χ1n) is 9.89. The number of benzene rings is 1. The lowest BCUT2D eigenvalue weighted by Crippen LogP contribution is -2.32. The van der Waals surface area contributed by atoms with Crippen LogP contribution < -0.4 is 15.5 Å². The van der Waals surface area contributed by atoms with Crippen LogP contribution in [-0.2, 0) is 4.74 Å². The molecular formula is C21H23N7O3. The van der Waals surface area contributed by atoms with E-state index in [4.69, 9.17) is 4.74 Å². The number of rotatable bonds is 5. The van der Waals surface area contributed by atoms with Crippen LogP contribution in [-0.4, -0.2) is 45.4 Å². The van der Waals surface area contributed by atoms with Crippen LogP contribution >= 0.6 is 0 Å². The van der Waals surface area contributed by atoms with E-state index in [9.17, 15) is 9.59 Å². The standard InChI is InChI=1S/C21H23N7O3/c1-12-7-8-22-16(11-12)19-25-18(26-27-19)14(3)23-20(29)24-15-5-4-6-17(13(15)2)28-9-10-31-21(28)30/h4-8,11,14H,9-10H2,1-3H3,(H2,23,24,29)(H,25,26,27). The summed E-state index contributed by atoms with van der Waals surface area (Å²) in [6.07, 6.45) is 1.32. The number of aromatic nitrogens is 4. The first kappa shape index (κ1) is 20.3. The van der Waals surface area contributed by atoms with Gasteiger partial charge in [-0.3, -0.25) is 15.0 Å².